The number of nitrogens with one attached hydrogen (secondary N) is 1. The maximum atomic E-state index is 5.57. The number of para-hydroxylation sites is 1. The molecule has 0 radical (unpaired) electrons. The van der Waals surface area contributed by atoms with Gasteiger partial charge in [0, 0.05) is 31.0 Å². The van der Waals surface area contributed by atoms with Crippen LogP contribution in [0.5, 0.6) is 11.5 Å². The Morgan fingerprint density at radius 1 is 1.29 bits per heavy atom. The molecule has 1 atom stereocenters. The van der Waals surface area contributed by atoms with Crippen molar-refractivity contribution in [3.63, 3.8) is 0 Å². The number of rotatable bonds is 5. The van der Waals surface area contributed by atoms with E-state index in [0.717, 1.165) is 61.2 Å². The molecular weight excluding hydrogens is 304 g/mol. The standard InChI is InChI=1S/C18H24N4O2/c1-12(2)18-21-20-16-7-6-13(10-22(16)18)8-19-9-14-4-3-5-15-17(14)24-11-23-15/h3-5,12-13,19H,6-11H2,1-2H3. The molecule has 2 aliphatic rings. The van der Waals surface area contributed by atoms with E-state index in [1.807, 2.05) is 12.1 Å². The Labute approximate surface area is 142 Å². The topological polar surface area (TPSA) is 61.2 Å². The van der Waals surface area contributed by atoms with Gasteiger partial charge in [-0.25, -0.2) is 0 Å². The average Bonchev–Trinajstić information content (AvgIpc) is 3.21. The zero-order valence-corrected chi connectivity index (χ0v) is 14.3. The molecule has 0 saturated heterocycles. The summed E-state index contributed by atoms with van der Waals surface area (Å²) in [4.78, 5) is 0. The molecule has 4 rings (SSSR count). The van der Waals surface area contributed by atoms with Crippen LogP contribution in [0.4, 0.5) is 0 Å². The third-order valence-corrected chi connectivity index (χ3v) is 4.82. The molecule has 0 amide bonds. The van der Waals surface area contributed by atoms with Gasteiger partial charge in [-0.15, -0.1) is 10.2 Å². The van der Waals surface area contributed by atoms with Crippen molar-refractivity contribution in [3.8, 4) is 11.5 Å². The molecule has 2 aliphatic heterocycles. The minimum Gasteiger partial charge on any atom is -0.454 e. The predicted octanol–water partition coefficient (Wildman–Crippen LogP) is 2.48. The normalized spacial score (nSPS) is 18.9. The second-order valence-corrected chi connectivity index (χ2v) is 6.93. The monoisotopic (exact) mass is 328 g/mol. The first-order valence-electron chi connectivity index (χ1n) is 8.72. The summed E-state index contributed by atoms with van der Waals surface area (Å²) >= 11 is 0. The van der Waals surface area contributed by atoms with E-state index in [1.54, 1.807) is 0 Å². The first-order chi connectivity index (χ1) is 11.7. The molecule has 0 fully saturated rings. The van der Waals surface area contributed by atoms with Gasteiger partial charge >= 0.3 is 0 Å². The van der Waals surface area contributed by atoms with Gasteiger partial charge in [0.05, 0.1) is 0 Å². The summed E-state index contributed by atoms with van der Waals surface area (Å²) in [7, 11) is 0. The minimum atomic E-state index is 0.323. The van der Waals surface area contributed by atoms with Crippen LogP contribution in [0.3, 0.4) is 0 Å². The van der Waals surface area contributed by atoms with Crippen molar-refractivity contribution >= 4 is 0 Å². The second-order valence-electron chi connectivity index (χ2n) is 6.93. The summed E-state index contributed by atoms with van der Waals surface area (Å²) < 4.78 is 13.3. The molecule has 24 heavy (non-hydrogen) atoms. The molecular formula is C18H24N4O2. The van der Waals surface area contributed by atoms with Gasteiger partial charge in [-0.05, 0) is 24.9 Å². The molecule has 0 spiro atoms. The fraction of sp³-hybridized carbons (Fsp3) is 0.556. The zero-order chi connectivity index (χ0) is 16.5. The molecule has 0 bridgehead atoms. The van der Waals surface area contributed by atoms with Gasteiger partial charge in [0.15, 0.2) is 11.5 Å². The van der Waals surface area contributed by atoms with Crippen LogP contribution in [-0.2, 0) is 19.5 Å². The Kier molecular flexibility index (Phi) is 4.14. The smallest absolute Gasteiger partial charge is 0.231 e. The fourth-order valence-corrected chi connectivity index (χ4v) is 3.55. The van der Waals surface area contributed by atoms with Crippen LogP contribution < -0.4 is 14.8 Å². The van der Waals surface area contributed by atoms with Crippen molar-refractivity contribution in [1.82, 2.24) is 20.1 Å². The fourth-order valence-electron chi connectivity index (χ4n) is 3.55. The van der Waals surface area contributed by atoms with Gasteiger partial charge < -0.3 is 19.4 Å². The van der Waals surface area contributed by atoms with E-state index in [2.05, 4.69) is 40.0 Å². The number of aromatic nitrogens is 3. The van der Waals surface area contributed by atoms with Crippen LogP contribution in [0.25, 0.3) is 0 Å². The number of benzene rings is 1. The molecule has 3 heterocycles. The van der Waals surface area contributed by atoms with Crippen molar-refractivity contribution in [1.29, 1.82) is 0 Å². The summed E-state index contributed by atoms with van der Waals surface area (Å²) in [6.45, 7) is 7.47. The van der Waals surface area contributed by atoms with Crippen molar-refractivity contribution in [3.05, 3.63) is 35.4 Å². The van der Waals surface area contributed by atoms with E-state index in [4.69, 9.17) is 9.47 Å². The lowest BCUT2D eigenvalue weighted by Gasteiger charge is -2.25. The number of hydrogen-bond acceptors (Lipinski definition) is 5. The van der Waals surface area contributed by atoms with Gasteiger partial charge in [-0.2, -0.15) is 0 Å². The van der Waals surface area contributed by atoms with Crippen LogP contribution in [0.15, 0.2) is 18.2 Å². The third kappa shape index (κ3) is 2.86. The van der Waals surface area contributed by atoms with Crippen molar-refractivity contribution in [2.24, 2.45) is 5.92 Å². The quantitative estimate of drug-likeness (QED) is 0.914. The van der Waals surface area contributed by atoms with Crippen LogP contribution in [-0.4, -0.2) is 28.1 Å². The Morgan fingerprint density at radius 2 is 2.21 bits per heavy atom. The number of ether oxygens (including phenoxy) is 2. The third-order valence-electron chi connectivity index (χ3n) is 4.82. The zero-order valence-electron chi connectivity index (χ0n) is 14.3. The van der Waals surface area contributed by atoms with Gasteiger partial charge in [-0.3, -0.25) is 0 Å². The number of nitrogens with zero attached hydrogens (tertiary/aromatic N) is 3. The van der Waals surface area contributed by atoms with Gasteiger partial charge in [0.25, 0.3) is 0 Å². The van der Waals surface area contributed by atoms with Gasteiger partial charge in [-0.1, -0.05) is 26.0 Å². The Morgan fingerprint density at radius 3 is 3.08 bits per heavy atom. The lowest BCUT2D eigenvalue weighted by molar-refractivity contribution is 0.173. The molecule has 1 aromatic carbocycles. The first kappa shape index (κ1) is 15.4. The van der Waals surface area contributed by atoms with E-state index in [1.165, 1.54) is 0 Å². The van der Waals surface area contributed by atoms with Crippen LogP contribution in [0, 0.1) is 5.92 Å². The molecule has 0 aliphatic carbocycles. The van der Waals surface area contributed by atoms with E-state index in [9.17, 15) is 0 Å². The summed E-state index contributed by atoms with van der Waals surface area (Å²) in [5.74, 6) is 5.02. The van der Waals surface area contributed by atoms with E-state index >= 15 is 0 Å². The van der Waals surface area contributed by atoms with Crippen LogP contribution >= 0.6 is 0 Å². The highest BCUT2D eigenvalue weighted by Gasteiger charge is 2.24. The molecule has 0 saturated carbocycles. The maximum Gasteiger partial charge on any atom is 0.231 e. The summed E-state index contributed by atoms with van der Waals surface area (Å²) in [5, 5.41) is 12.3. The lowest BCUT2D eigenvalue weighted by atomic mass is 9.98. The Hall–Kier alpha value is -2.08. The minimum absolute atomic E-state index is 0.323. The van der Waals surface area contributed by atoms with Crippen molar-refractivity contribution in [2.45, 2.75) is 45.7 Å². The molecule has 1 unspecified atom stereocenters. The van der Waals surface area contributed by atoms with E-state index < -0.39 is 0 Å². The first-order valence-corrected chi connectivity index (χ1v) is 8.72. The molecule has 6 heteroatoms. The summed E-state index contributed by atoms with van der Waals surface area (Å²) in [6.07, 6.45) is 2.18. The highest BCUT2D eigenvalue weighted by Crippen LogP contribution is 2.35. The molecule has 1 aromatic heterocycles. The number of hydrogen-bond donors (Lipinski definition) is 1. The molecule has 2 aromatic rings. The Balaban J connectivity index is 1.36. The van der Waals surface area contributed by atoms with E-state index in [-0.39, 0.29) is 0 Å². The molecule has 6 nitrogen and oxygen atoms in total. The second kappa shape index (κ2) is 6.43. The number of fused-ring (bicyclic) bond motifs is 2. The highest BCUT2D eigenvalue weighted by atomic mass is 16.7. The summed E-state index contributed by atoms with van der Waals surface area (Å²) in [6, 6.07) is 6.06. The van der Waals surface area contributed by atoms with Crippen LogP contribution in [0.2, 0.25) is 0 Å². The average molecular weight is 328 g/mol. The lowest BCUT2D eigenvalue weighted by Crippen LogP contribution is -2.30. The Bertz CT molecular complexity index is 726. The van der Waals surface area contributed by atoms with Crippen LogP contribution in [0.1, 0.15) is 43.4 Å². The predicted molar refractivity (Wildman–Crippen MR) is 90.2 cm³/mol. The summed E-state index contributed by atoms with van der Waals surface area (Å²) in [5.41, 5.74) is 1.16. The van der Waals surface area contributed by atoms with Gasteiger partial charge in [0.1, 0.15) is 11.6 Å². The van der Waals surface area contributed by atoms with Crippen molar-refractivity contribution in [2.75, 3.05) is 13.3 Å². The SMILES string of the molecule is CC(C)c1nnc2n1CC(CNCc1cccc3c1OCO3)CC2. The highest BCUT2D eigenvalue weighted by molar-refractivity contribution is 5.48. The largest absolute Gasteiger partial charge is 0.454 e. The molecule has 1 N–H and O–H groups in total. The number of aryl methyl sites for hydroxylation is 1. The van der Waals surface area contributed by atoms with Crippen molar-refractivity contribution < 1.29 is 9.47 Å². The molecule has 128 valence electrons. The van der Waals surface area contributed by atoms with E-state index in [0.29, 0.717) is 18.6 Å². The van der Waals surface area contributed by atoms with Gasteiger partial charge in [0.2, 0.25) is 6.79 Å². The maximum absolute atomic E-state index is 5.57.